The molecule has 6 atom stereocenters. The molecule has 12 heteroatoms. The van der Waals surface area contributed by atoms with Gasteiger partial charge < -0.3 is 39.0 Å². The molecule has 0 amide bonds. The van der Waals surface area contributed by atoms with Crippen LogP contribution in [0.3, 0.4) is 0 Å². The first-order chi connectivity index (χ1) is 34.6. The second-order valence-electron chi connectivity index (χ2n) is 19.9. The van der Waals surface area contributed by atoms with Gasteiger partial charge in [0.1, 0.15) is 18.8 Å². The number of carbonyl (C=O) groups excluding carboxylic acids is 3. The van der Waals surface area contributed by atoms with Crippen LogP contribution in [0.5, 0.6) is 0 Å². The average Bonchev–Trinajstić information content (AvgIpc) is 3.35. The molecule has 0 aromatic carbocycles. The Kier molecular flexibility index (Phi) is 44.5. The number of carboxylic acid groups (broad SMARTS) is 1. The number of aliphatic hydroxyl groups is 2. The average molecular weight is 1010 g/mol. The number of ether oxygens (including phenoxy) is 5. The van der Waals surface area contributed by atoms with E-state index in [9.17, 15) is 34.5 Å². The van der Waals surface area contributed by atoms with Crippen molar-refractivity contribution in [3.8, 4) is 0 Å². The summed E-state index contributed by atoms with van der Waals surface area (Å²) in [5.74, 6) is -3.13. The Morgan fingerprint density at radius 2 is 0.845 bits per heavy atom. The predicted octanol–water partition coefficient (Wildman–Crippen LogP) is 14.5. The van der Waals surface area contributed by atoms with Crippen LogP contribution in [0.15, 0.2) is 36.5 Å². The Morgan fingerprint density at radius 1 is 0.465 bits per heavy atom. The van der Waals surface area contributed by atoms with Crippen LogP contribution in [-0.4, -0.2) is 89.2 Å². The molecular weight excluding hydrogens is 901 g/mol. The van der Waals surface area contributed by atoms with Crippen LogP contribution in [0.2, 0.25) is 0 Å². The number of unbranched alkanes of at least 4 members (excludes halogenated alkanes) is 29. The van der Waals surface area contributed by atoms with Crippen molar-refractivity contribution in [1.82, 2.24) is 0 Å². The van der Waals surface area contributed by atoms with Crippen LogP contribution in [0, 0.1) is 0 Å². The van der Waals surface area contributed by atoms with Crippen molar-refractivity contribution >= 4 is 23.9 Å². The van der Waals surface area contributed by atoms with E-state index in [0.717, 1.165) is 109 Å². The van der Waals surface area contributed by atoms with E-state index < -0.39 is 67.3 Å². The smallest absolute Gasteiger partial charge is 0.335 e. The molecule has 0 aromatic rings. The Bertz CT molecular complexity index is 1380. The van der Waals surface area contributed by atoms with Crippen molar-refractivity contribution in [2.75, 3.05) is 13.2 Å². The number of hydrogen-bond donors (Lipinski definition) is 3. The van der Waals surface area contributed by atoms with E-state index in [1.807, 2.05) is 0 Å². The van der Waals surface area contributed by atoms with Gasteiger partial charge in [-0.3, -0.25) is 14.4 Å². The Balaban J connectivity index is 2.71. The summed E-state index contributed by atoms with van der Waals surface area (Å²) in [7, 11) is 0. The molecule has 0 spiro atoms. The van der Waals surface area contributed by atoms with Crippen LogP contribution in [0.4, 0.5) is 0 Å². The minimum atomic E-state index is -1.90. The quantitative estimate of drug-likeness (QED) is 0.0228. The maximum absolute atomic E-state index is 13.1. The molecule has 6 unspecified atom stereocenters. The Hall–Kier alpha value is -3.06. The lowest BCUT2D eigenvalue weighted by molar-refractivity contribution is -0.301. The zero-order chi connectivity index (χ0) is 51.8. The lowest BCUT2D eigenvalue weighted by Gasteiger charge is -2.40. The molecular formula is C59H104O12. The minimum absolute atomic E-state index is 0.0628. The summed E-state index contributed by atoms with van der Waals surface area (Å²) in [5, 5.41) is 31.4. The molecule has 71 heavy (non-hydrogen) atoms. The maximum Gasteiger partial charge on any atom is 0.335 e. The van der Waals surface area contributed by atoms with Crippen LogP contribution < -0.4 is 0 Å². The van der Waals surface area contributed by atoms with E-state index in [1.54, 1.807) is 0 Å². The van der Waals surface area contributed by atoms with Crippen molar-refractivity contribution in [1.29, 1.82) is 0 Å². The molecule has 0 saturated carbocycles. The number of esters is 3. The van der Waals surface area contributed by atoms with Crippen LogP contribution in [-0.2, 0) is 42.9 Å². The van der Waals surface area contributed by atoms with E-state index in [1.165, 1.54) is 96.3 Å². The number of aliphatic carboxylic acids is 1. The van der Waals surface area contributed by atoms with Gasteiger partial charge in [-0.1, -0.05) is 205 Å². The predicted molar refractivity (Wildman–Crippen MR) is 285 cm³/mol. The SMILES string of the molecule is CCCCC/C=C\C/C=C\CCCCCCCC(=O)OCC(COC1OC(C(=O)O)C(O)C(O)C1OC(=O)CCCCCCCCCCCCCCC)OC(=O)CCCCCCC/C=C\CCCCCC. The first-order valence-electron chi connectivity index (χ1n) is 29.0. The van der Waals surface area contributed by atoms with E-state index in [-0.39, 0.29) is 25.9 Å². The summed E-state index contributed by atoms with van der Waals surface area (Å²) in [6.07, 6.45) is 42.6. The standard InChI is InChI=1S/C59H104O12/c1-4-7-10-13-16-19-22-25-26-29-30-33-36-39-42-45-51(60)67-48-50(69-52(61)46-43-40-37-34-31-27-23-20-17-14-11-8-5-2)49-68-59-57(55(64)54(63)56(71-59)58(65)66)70-53(62)47-44-41-38-35-32-28-24-21-18-15-12-9-6-3/h16,19-20,23,25-26,50,54-57,59,63-64H,4-15,17-18,21-22,24,27-49H2,1-3H3,(H,65,66)/b19-16-,23-20-,26-25-. The molecule has 0 bridgehead atoms. The summed E-state index contributed by atoms with van der Waals surface area (Å²) in [6.45, 7) is 5.93. The van der Waals surface area contributed by atoms with Gasteiger partial charge in [0.15, 0.2) is 24.6 Å². The number of hydrogen-bond acceptors (Lipinski definition) is 11. The van der Waals surface area contributed by atoms with Gasteiger partial charge in [0, 0.05) is 19.3 Å². The monoisotopic (exact) mass is 1000 g/mol. The molecule has 1 aliphatic heterocycles. The van der Waals surface area contributed by atoms with Crippen molar-refractivity contribution in [2.45, 2.75) is 302 Å². The summed E-state index contributed by atoms with van der Waals surface area (Å²) in [6, 6.07) is 0. The third-order valence-corrected chi connectivity index (χ3v) is 13.2. The molecule has 412 valence electrons. The van der Waals surface area contributed by atoms with Gasteiger partial charge in [0.2, 0.25) is 0 Å². The molecule has 0 aliphatic carbocycles. The topological polar surface area (TPSA) is 175 Å². The third kappa shape index (κ3) is 38.2. The van der Waals surface area contributed by atoms with Crippen LogP contribution >= 0.6 is 0 Å². The summed E-state index contributed by atoms with van der Waals surface area (Å²) < 4.78 is 28.4. The zero-order valence-electron chi connectivity index (χ0n) is 45.2. The van der Waals surface area contributed by atoms with Crippen molar-refractivity contribution in [3.63, 3.8) is 0 Å². The van der Waals surface area contributed by atoms with E-state index in [0.29, 0.717) is 19.3 Å². The maximum atomic E-state index is 13.1. The van der Waals surface area contributed by atoms with Gasteiger partial charge >= 0.3 is 23.9 Å². The van der Waals surface area contributed by atoms with Gasteiger partial charge in [0.05, 0.1) is 6.61 Å². The second-order valence-corrected chi connectivity index (χ2v) is 19.9. The second kappa shape index (κ2) is 47.9. The van der Waals surface area contributed by atoms with Gasteiger partial charge in [-0.05, 0) is 77.0 Å². The molecule has 1 fully saturated rings. The largest absolute Gasteiger partial charge is 0.479 e. The highest BCUT2D eigenvalue weighted by molar-refractivity contribution is 5.74. The number of carbonyl (C=O) groups is 4. The normalized spacial score (nSPS) is 18.7. The highest BCUT2D eigenvalue weighted by atomic mass is 16.7. The molecule has 12 nitrogen and oxygen atoms in total. The highest BCUT2D eigenvalue weighted by Gasteiger charge is 2.50. The summed E-state index contributed by atoms with van der Waals surface area (Å²) in [5.41, 5.74) is 0. The fourth-order valence-electron chi connectivity index (χ4n) is 8.69. The number of rotatable bonds is 49. The Labute approximate surface area is 431 Å². The first kappa shape index (κ1) is 66.0. The molecule has 1 aliphatic rings. The first-order valence-corrected chi connectivity index (χ1v) is 29.0. The molecule has 1 saturated heterocycles. The van der Waals surface area contributed by atoms with Gasteiger partial charge in [-0.25, -0.2) is 4.79 Å². The van der Waals surface area contributed by atoms with E-state index >= 15 is 0 Å². The van der Waals surface area contributed by atoms with Crippen molar-refractivity contribution in [3.05, 3.63) is 36.5 Å². The van der Waals surface area contributed by atoms with Crippen molar-refractivity contribution < 1.29 is 58.2 Å². The van der Waals surface area contributed by atoms with Gasteiger partial charge in [-0.2, -0.15) is 0 Å². The number of aliphatic hydroxyl groups excluding tert-OH is 2. The van der Waals surface area contributed by atoms with E-state index in [2.05, 4.69) is 57.2 Å². The summed E-state index contributed by atoms with van der Waals surface area (Å²) in [4.78, 5) is 51.0. The lowest BCUT2D eigenvalue weighted by Crippen LogP contribution is -2.61. The van der Waals surface area contributed by atoms with Crippen molar-refractivity contribution in [2.24, 2.45) is 0 Å². The molecule has 0 aromatic heterocycles. The molecule has 1 heterocycles. The molecule has 0 radical (unpaired) electrons. The van der Waals surface area contributed by atoms with E-state index in [4.69, 9.17) is 23.7 Å². The zero-order valence-corrected chi connectivity index (χ0v) is 45.2. The number of allylic oxidation sites excluding steroid dienone is 6. The van der Waals surface area contributed by atoms with Gasteiger partial charge in [-0.15, -0.1) is 0 Å². The molecule has 1 rings (SSSR count). The van der Waals surface area contributed by atoms with Crippen LogP contribution in [0.25, 0.3) is 0 Å². The highest BCUT2D eigenvalue weighted by Crippen LogP contribution is 2.26. The van der Waals surface area contributed by atoms with Crippen LogP contribution in [0.1, 0.15) is 265 Å². The summed E-state index contributed by atoms with van der Waals surface area (Å²) >= 11 is 0. The molecule has 3 N–H and O–H groups in total. The number of carboxylic acids is 1. The van der Waals surface area contributed by atoms with Gasteiger partial charge in [0.25, 0.3) is 0 Å². The fourth-order valence-corrected chi connectivity index (χ4v) is 8.69. The minimum Gasteiger partial charge on any atom is -0.479 e. The fraction of sp³-hybridized carbons (Fsp3) is 0.831. The lowest BCUT2D eigenvalue weighted by atomic mass is 9.98. The third-order valence-electron chi connectivity index (χ3n) is 13.2. The Morgan fingerprint density at radius 3 is 1.32 bits per heavy atom.